The first-order valence-corrected chi connectivity index (χ1v) is 9.59. The molecular weight excluding hydrogens is 429 g/mol. The first-order chi connectivity index (χ1) is 14.6. The molecule has 31 heavy (non-hydrogen) atoms. The highest BCUT2D eigenvalue weighted by atomic mass is 19.4. The monoisotopic (exact) mass is 447 g/mol. The second-order valence-corrected chi connectivity index (χ2v) is 7.56. The van der Waals surface area contributed by atoms with Crippen LogP contribution in [0.1, 0.15) is 42.3 Å². The van der Waals surface area contributed by atoms with Crippen molar-refractivity contribution in [1.82, 2.24) is 25.4 Å². The van der Waals surface area contributed by atoms with Gasteiger partial charge in [-0.1, -0.05) is 6.92 Å². The number of aromatic nitrogens is 3. The number of fused-ring (bicyclic) bond motifs is 1. The summed E-state index contributed by atoms with van der Waals surface area (Å²) in [6, 6.07) is -3.20. The summed E-state index contributed by atoms with van der Waals surface area (Å²) in [4.78, 5) is 28.8. The Hall–Kier alpha value is -2.99. The molecule has 3 heterocycles. The fourth-order valence-corrected chi connectivity index (χ4v) is 3.72. The van der Waals surface area contributed by atoms with Crippen LogP contribution in [0.5, 0.6) is 0 Å². The number of carbonyl (C=O) groups excluding carboxylic acids is 2. The number of amides is 2. The molecule has 2 unspecified atom stereocenters. The summed E-state index contributed by atoms with van der Waals surface area (Å²) in [6.45, 7) is 1.02. The molecule has 0 radical (unpaired) electrons. The molecule has 13 heteroatoms. The zero-order valence-electron chi connectivity index (χ0n) is 16.2. The van der Waals surface area contributed by atoms with Crippen LogP contribution in [-0.4, -0.2) is 51.6 Å². The first kappa shape index (κ1) is 21.2. The predicted molar refractivity (Wildman–Crippen MR) is 93.7 cm³/mol. The Morgan fingerprint density at radius 2 is 2.13 bits per heavy atom. The van der Waals surface area contributed by atoms with Crippen molar-refractivity contribution in [3.05, 3.63) is 35.0 Å². The van der Waals surface area contributed by atoms with Crippen molar-refractivity contribution in [2.45, 2.75) is 50.6 Å². The zero-order chi connectivity index (χ0) is 22.5. The van der Waals surface area contributed by atoms with Gasteiger partial charge >= 0.3 is 6.18 Å². The Morgan fingerprint density at radius 3 is 2.84 bits per heavy atom. The first-order valence-electron chi connectivity index (χ1n) is 9.59. The number of allylic oxidation sites excluding steroid dienone is 3. The van der Waals surface area contributed by atoms with Gasteiger partial charge < -0.3 is 15.4 Å². The van der Waals surface area contributed by atoms with E-state index < -0.39 is 60.4 Å². The highest BCUT2D eigenvalue weighted by Crippen LogP contribution is 2.37. The van der Waals surface area contributed by atoms with E-state index in [-0.39, 0.29) is 36.5 Å². The average Bonchev–Trinajstić information content (AvgIpc) is 3.06. The number of hydrogen-bond donors (Lipinski definition) is 2. The summed E-state index contributed by atoms with van der Waals surface area (Å²) < 4.78 is 73.7. The number of carbonyl (C=O) groups is 2. The molecule has 3 aliphatic rings. The lowest BCUT2D eigenvalue weighted by Crippen LogP contribution is -2.48. The summed E-state index contributed by atoms with van der Waals surface area (Å²) in [6.07, 6.45) is -5.19. The average molecular weight is 447 g/mol. The molecule has 1 aliphatic carbocycles. The third-order valence-corrected chi connectivity index (χ3v) is 5.41. The molecule has 168 valence electrons. The standard InChI is InChI=1S/C18H18F5N5O3/c1-7-8(19)5-9(20)13-14(7)31-6-10(16(29)26-13)24-17(30)15-25-12-4-2-3-11(18(21,22)23)28(12)27-15/h5,7-8,10-11H,2-4,6H2,1H3,(H,24,30)(H,26,29)/t7?,8?,10-,11-/m0/s1. The van der Waals surface area contributed by atoms with Gasteiger partial charge in [-0.3, -0.25) is 9.59 Å². The molecule has 2 N–H and O–H groups in total. The van der Waals surface area contributed by atoms with E-state index >= 15 is 0 Å². The maximum atomic E-state index is 14.1. The van der Waals surface area contributed by atoms with Crippen molar-refractivity contribution in [2.75, 3.05) is 6.61 Å². The normalized spacial score (nSPS) is 28.6. The maximum absolute atomic E-state index is 14.1. The highest BCUT2D eigenvalue weighted by molar-refractivity contribution is 5.95. The van der Waals surface area contributed by atoms with Crippen molar-refractivity contribution < 1.29 is 36.3 Å². The number of alkyl halides is 4. The van der Waals surface area contributed by atoms with Crippen LogP contribution in [0.15, 0.2) is 23.4 Å². The van der Waals surface area contributed by atoms with Gasteiger partial charge in [-0.15, -0.1) is 5.10 Å². The van der Waals surface area contributed by atoms with Gasteiger partial charge in [-0.05, 0) is 18.9 Å². The molecule has 1 aromatic heterocycles. The highest BCUT2D eigenvalue weighted by Gasteiger charge is 2.45. The summed E-state index contributed by atoms with van der Waals surface area (Å²) >= 11 is 0. The van der Waals surface area contributed by atoms with Crippen molar-refractivity contribution in [3.8, 4) is 0 Å². The Morgan fingerprint density at radius 1 is 1.39 bits per heavy atom. The molecule has 4 rings (SSSR count). The van der Waals surface area contributed by atoms with E-state index in [1.807, 2.05) is 0 Å². The molecule has 2 aliphatic heterocycles. The van der Waals surface area contributed by atoms with Gasteiger partial charge in [0.25, 0.3) is 11.8 Å². The summed E-state index contributed by atoms with van der Waals surface area (Å²) in [5.74, 6) is -4.27. The number of halogens is 5. The number of nitrogens with zero attached hydrogens (tertiary/aromatic N) is 3. The van der Waals surface area contributed by atoms with E-state index in [4.69, 9.17) is 4.74 Å². The maximum Gasteiger partial charge on any atom is 0.410 e. The Bertz CT molecular complexity index is 986. The Labute approximate surface area is 172 Å². The van der Waals surface area contributed by atoms with Gasteiger partial charge in [-0.25, -0.2) is 18.4 Å². The topological polar surface area (TPSA) is 98.1 Å². The lowest BCUT2D eigenvalue weighted by Gasteiger charge is -2.25. The third-order valence-electron chi connectivity index (χ3n) is 5.41. The minimum absolute atomic E-state index is 0.0208. The molecule has 0 spiro atoms. The fourth-order valence-electron chi connectivity index (χ4n) is 3.72. The van der Waals surface area contributed by atoms with Crippen LogP contribution < -0.4 is 10.6 Å². The quantitative estimate of drug-likeness (QED) is 0.676. The predicted octanol–water partition coefficient (Wildman–Crippen LogP) is 2.02. The molecule has 0 bridgehead atoms. The summed E-state index contributed by atoms with van der Waals surface area (Å²) in [5, 5.41) is 8.23. The van der Waals surface area contributed by atoms with Crippen LogP contribution in [0.3, 0.4) is 0 Å². The van der Waals surface area contributed by atoms with E-state index in [1.165, 1.54) is 6.92 Å². The lowest BCUT2D eigenvalue weighted by atomic mass is 9.96. The van der Waals surface area contributed by atoms with Crippen molar-refractivity contribution in [2.24, 2.45) is 5.92 Å². The smallest absolute Gasteiger partial charge is 0.410 e. The SMILES string of the molecule is CC1C2=C(NC(=O)[C@@H](NC(=O)c3nc4n(n3)[C@H](C(F)(F)F)CCC4)CO2)C(F)=CC1F. The van der Waals surface area contributed by atoms with Gasteiger partial charge in [0.1, 0.15) is 48.0 Å². The molecule has 0 saturated carbocycles. The van der Waals surface area contributed by atoms with E-state index in [0.717, 1.165) is 0 Å². The minimum atomic E-state index is -4.54. The van der Waals surface area contributed by atoms with Gasteiger partial charge in [0.05, 0.1) is 5.92 Å². The number of aryl methyl sites for hydroxylation is 1. The van der Waals surface area contributed by atoms with Gasteiger partial charge in [0.15, 0.2) is 0 Å². The third kappa shape index (κ3) is 3.88. The van der Waals surface area contributed by atoms with E-state index in [1.54, 1.807) is 0 Å². The summed E-state index contributed by atoms with van der Waals surface area (Å²) in [7, 11) is 0. The van der Waals surface area contributed by atoms with E-state index in [9.17, 15) is 31.5 Å². The molecular formula is C18H18F5N5O3. The molecule has 8 nitrogen and oxygen atoms in total. The molecule has 2 amide bonds. The number of rotatable bonds is 2. The van der Waals surface area contributed by atoms with Crippen LogP contribution in [-0.2, 0) is 16.0 Å². The lowest BCUT2D eigenvalue weighted by molar-refractivity contribution is -0.174. The van der Waals surface area contributed by atoms with Crippen LogP contribution in [0.4, 0.5) is 22.0 Å². The van der Waals surface area contributed by atoms with Crippen LogP contribution in [0.25, 0.3) is 0 Å². The molecule has 4 atom stereocenters. The Balaban J connectivity index is 1.50. The number of nitrogens with one attached hydrogen (secondary N) is 2. The van der Waals surface area contributed by atoms with Crippen LogP contribution in [0.2, 0.25) is 0 Å². The number of hydrogen-bond acceptors (Lipinski definition) is 5. The summed E-state index contributed by atoms with van der Waals surface area (Å²) in [5.41, 5.74) is -0.313. The fraction of sp³-hybridized carbons (Fsp3) is 0.556. The van der Waals surface area contributed by atoms with Gasteiger partial charge in [-0.2, -0.15) is 13.2 Å². The molecule has 0 fully saturated rings. The Kier molecular flexibility index (Phi) is 5.21. The molecule has 0 saturated heterocycles. The minimum Gasteiger partial charge on any atom is -0.493 e. The van der Waals surface area contributed by atoms with Gasteiger partial charge in [0, 0.05) is 6.42 Å². The molecule has 0 aromatic carbocycles. The second kappa shape index (κ2) is 7.61. The zero-order valence-corrected chi connectivity index (χ0v) is 16.2. The largest absolute Gasteiger partial charge is 0.493 e. The van der Waals surface area contributed by atoms with Crippen LogP contribution >= 0.6 is 0 Å². The van der Waals surface area contributed by atoms with Crippen LogP contribution in [0, 0.1) is 5.92 Å². The van der Waals surface area contributed by atoms with Crippen molar-refractivity contribution >= 4 is 11.8 Å². The molecule has 1 aromatic rings. The van der Waals surface area contributed by atoms with Gasteiger partial charge in [0.2, 0.25) is 5.82 Å². The second-order valence-electron chi connectivity index (χ2n) is 7.56. The van der Waals surface area contributed by atoms with E-state index in [0.29, 0.717) is 10.8 Å². The van der Waals surface area contributed by atoms with Crippen molar-refractivity contribution in [1.29, 1.82) is 0 Å². The van der Waals surface area contributed by atoms with Crippen molar-refractivity contribution in [3.63, 3.8) is 0 Å². The number of ether oxygens (including phenoxy) is 1. The van der Waals surface area contributed by atoms with E-state index in [2.05, 4.69) is 20.7 Å².